The Labute approximate surface area is 130 Å². The maximum atomic E-state index is 12.6. The number of fused-ring (bicyclic) bond motifs is 2. The third-order valence-corrected chi connectivity index (χ3v) is 5.12. The molecule has 2 atom stereocenters. The lowest BCUT2D eigenvalue weighted by Crippen LogP contribution is -2.44. The first-order valence-electron chi connectivity index (χ1n) is 7.96. The van der Waals surface area contributed by atoms with Gasteiger partial charge in [-0.2, -0.15) is 0 Å². The number of rotatable bonds is 3. The van der Waals surface area contributed by atoms with Crippen LogP contribution in [0, 0.1) is 24.7 Å². The van der Waals surface area contributed by atoms with E-state index < -0.39 is 5.54 Å². The van der Waals surface area contributed by atoms with E-state index in [0.29, 0.717) is 11.8 Å². The molecule has 2 aliphatic rings. The van der Waals surface area contributed by atoms with E-state index in [1.807, 2.05) is 39.1 Å². The number of pyridine rings is 1. The van der Waals surface area contributed by atoms with Gasteiger partial charge in [-0.3, -0.25) is 4.79 Å². The molecule has 0 radical (unpaired) electrons. The first-order valence-corrected chi connectivity index (χ1v) is 7.96. The topological polar surface area (TPSA) is 58.4 Å². The number of hydrogen-bond acceptors (Lipinski definition) is 3. The third kappa shape index (κ3) is 1.96. The lowest BCUT2D eigenvalue weighted by Gasteiger charge is -2.25. The second kappa shape index (κ2) is 4.56. The Hall–Kier alpha value is -1.88. The smallest absolute Gasteiger partial charge is 0.224 e. The van der Waals surface area contributed by atoms with Crippen molar-refractivity contribution in [2.24, 2.45) is 17.8 Å². The number of aryl methyl sites for hydroxylation is 1. The SMILES string of the molecule is Cc1nc(C(C)(C)NC(=O)C2C3CNCC32)n2ccccc12. The first kappa shape index (κ1) is 13.8. The van der Waals surface area contributed by atoms with E-state index >= 15 is 0 Å². The van der Waals surface area contributed by atoms with Crippen LogP contribution in [0.15, 0.2) is 24.4 Å². The highest BCUT2D eigenvalue weighted by Crippen LogP contribution is 2.49. The number of carbonyl (C=O) groups is 1. The molecular formula is C17H22N4O. The highest BCUT2D eigenvalue weighted by molar-refractivity contribution is 5.83. The van der Waals surface area contributed by atoms with Crippen molar-refractivity contribution in [2.75, 3.05) is 13.1 Å². The molecule has 2 fully saturated rings. The van der Waals surface area contributed by atoms with Crippen molar-refractivity contribution in [3.63, 3.8) is 0 Å². The Morgan fingerprint density at radius 1 is 1.36 bits per heavy atom. The fourth-order valence-electron chi connectivity index (χ4n) is 3.89. The fraction of sp³-hybridized carbons (Fsp3) is 0.529. The van der Waals surface area contributed by atoms with Gasteiger partial charge in [0.05, 0.1) is 16.7 Å². The van der Waals surface area contributed by atoms with Gasteiger partial charge in [-0.25, -0.2) is 4.98 Å². The van der Waals surface area contributed by atoms with Gasteiger partial charge in [0.1, 0.15) is 5.82 Å². The van der Waals surface area contributed by atoms with Crippen LogP contribution in [0.2, 0.25) is 0 Å². The molecular weight excluding hydrogens is 276 g/mol. The van der Waals surface area contributed by atoms with Gasteiger partial charge in [0.25, 0.3) is 0 Å². The number of aromatic nitrogens is 2. The molecule has 1 saturated heterocycles. The molecule has 1 aliphatic carbocycles. The molecule has 0 spiro atoms. The van der Waals surface area contributed by atoms with Crippen LogP contribution in [0.3, 0.4) is 0 Å². The zero-order chi connectivity index (χ0) is 15.5. The van der Waals surface area contributed by atoms with Crippen LogP contribution in [-0.2, 0) is 10.3 Å². The molecule has 5 heteroatoms. The van der Waals surface area contributed by atoms with Gasteiger partial charge in [-0.15, -0.1) is 0 Å². The summed E-state index contributed by atoms with van der Waals surface area (Å²) in [5, 5.41) is 6.55. The second-order valence-corrected chi connectivity index (χ2v) is 7.10. The van der Waals surface area contributed by atoms with Crippen molar-refractivity contribution in [1.82, 2.24) is 20.0 Å². The quantitative estimate of drug-likeness (QED) is 0.902. The van der Waals surface area contributed by atoms with Crippen molar-refractivity contribution in [3.8, 4) is 0 Å². The van der Waals surface area contributed by atoms with Gasteiger partial charge in [0.2, 0.25) is 5.91 Å². The Balaban J connectivity index is 1.61. The van der Waals surface area contributed by atoms with Gasteiger partial charge in [-0.05, 0) is 57.8 Å². The molecule has 3 heterocycles. The Morgan fingerprint density at radius 2 is 2.09 bits per heavy atom. The lowest BCUT2D eigenvalue weighted by molar-refractivity contribution is -0.124. The van der Waals surface area contributed by atoms with Crippen LogP contribution >= 0.6 is 0 Å². The summed E-state index contributed by atoms with van der Waals surface area (Å²) in [7, 11) is 0. The zero-order valence-electron chi connectivity index (χ0n) is 13.3. The van der Waals surface area contributed by atoms with Gasteiger partial charge >= 0.3 is 0 Å². The van der Waals surface area contributed by atoms with Crippen molar-refractivity contribution in [2.45, 2.75) is 26.3 Å². The Morgan fingerprint density at radius 3 is 2.82 bits per heavy atom. The maximum Gasteiger partial charge on any atom is 0.224 e. The number of imidazole rings is 1. The number of piperidine rings is 1. The molecule has 116 valence electrons. The van der Waals surface area contributed by atoms with Crippen molar-refractivity contribution in [3.05, 3.63) is 35.9 Å². The van der Waals surface area contributed by atoms with E-state index in [2.05, 4.69) is 21.1 Å². The van der Waals surface area contributed by atoms with Gasteiger partial charge in [-0.1, -0.05) is 6.07 Å². The Kier molecular flexibility index (Phi) is 2.85. The molecule has 2 aromatic rings. The predicted molar refractivity (Wildman–Crippen MR) is 84.4 cm³/mol. The highest BCUT2D eigenvalue weighted by Gasteiger charge is 2.57. The summed E-state index contributed by atoms with van der Waals surface area (Å²) in [5.41, 5.74) is 1.60. The fourth-order valence-corrected chi connectivity index (χ4v) is 3.89. The predicted octanol–water partition coefficient (Wildman–Crippen LogP) is 1.46. The van der Waals surface area contributed by atoms with Crippen LogP contribution in [0.5, 0.6) is 0 Å². The lowest BCUT2D eigenvalue weighted by atomic mass is 10.0. The van der Waals surface area contributed by atoms with E-state index in [9.17, 15) is 4.79 Å². The summed E-state index contributed by atoms with van der Waals surface area (Å²) in [4.78, 5) is 17.3. The largest absolute Gasteiger partial charge is 0.344 e. The maximum absolute atomic E-state index is 12.6. The van der Waals surface area contributed by atoms with E-state index in [0.717, 1.165) is 30.1 Å². The summed E-state index contributed by atoms with van der Waals surface area (Å²) in [5.74, 6) is 2.32. The normalized spacial score (nSPS) is 27.0. The highest BCUT2D eigenvalue weighted by atomic mass is 16.2. The minimum Gasteiger partial charge on any atom is -0.344 e. The molecule has 4 rings (SSSR count). The average Bonchev–Trinajstić information content (AvgIpc) is 2.82. The van der Waals surface area contributed by atoms with Crippen molar-refractivity contribution < 1.29 is 4.79 Å². The van der Waals surface area contributed by atoms with E-state index in [1.54, 1.807) is 0 Å². The zero-order valence-corrected chi connectivity index (χ0v) is 13.3. The van der Waals surface area contributed by atoms with E-state index in [1.165, 1.54) is 0 Å². The molecule has 5 nitrogen and oxygen atoms in total. The summed E-state index contributed by atoms with van der Waals surface area (Å²) in [6.45, 7) is 8.03. The molecule has 2 unspecified atom stereocenters. The average molecular weight is 298 g/mol. The Bertz CT molecular complexity index is 738. The number of amides is 1. The van der Waals surface area contributed by atoms with Crippen LogP contribution in [0.1, 0.15) is 25.4 Å². The van der Waals surface area contributed by atoms with Crippen LogP contribution in [0.4, 0.5) is 0 Å². The number of nitrogens with one attached hydrogen (secondary N) is 2. The third-order valence-electron chi connectivity index (χ3n) is 5.12. The monoisotopic (exact) mass is 298 g/mol. The number of carbonyl (C=O) groups excluding carboxylic acids is 1. The van der Waals surface area contributed by atoms with Gasteiger partial charge < -0.3 is 15.0 Å². The first-order chi connectivity index (χ1) is 10.5. The molecule has 2 N–H and O–H groups in total. The van der Waals surface area contributed by atoms with Crippen molar-refractivity contribution in [1.29, 1.82) is 0 Å². The van der Waals surface area contributed by atoms with E-state index in [4.69, 9.17) is 4.98 Å². The molecule has 2 aromatic heterocycles. The molecule has 0 aromatic carbocycles. The molecule has 1 saturated carbocycles. The number of nitrogens with zero attached hydrogens (tertiary/aromatic N) is 2. The van der Waals surface area contributed by atoms with Gasteiger partial charge in [0.15, 0.2) is 0 Å². The summed E-state index contributed by atoms with van der Waals surface area (Å²) in [6.07, 6.45) is 2.01. The summed E-state index contributed by atoms with van der Waals surface area (Å²) < 4.78 is 2.07. The summed E-state index contributed by atoms with van der Waals surface area (Å²) >= 11 is 0. The molecule has 1 aliphatic heterocycles. The van der Waals surface area contributed by atoms with Crippen LogP contribution in [-0.4, -0.2) is 28.4 Å². The minimum absolute atomic E-state index is 0.173. The van der Waals surface area contributed by atoms with Crippen LogP contribution < -0.4 is 10.6 Å². The second-order valence-electron chi connectivity index (χ2n) is 7.10. The van der Waals surface area contributed by atoms with Crippen molar-refractivity contribution >= 4 is 11.4 Å². The van der Waals surface area contributed by atoms with Gasteiger partial charge in [0, 0.05) is 12.1 Å². The van der Waals surface area contributed by atoms with E-state index in [-0.39, 0.29) is 11.8 Å². The van der Waals surface area contributed by atoms with Crippen LogP contribution in [0.25, 0.3) is 5.52 Å². The number of hydrogen-bond donors (Lipinski definition) is 2. The molecule has 22 heavy (non-hydrogen) atoms. The molecule has 1 amide bonds. The summed E-state index contributed by atoms with van der Waals surface area (Å²) in [6, 6.07) is 6.06. The molecule has 0 bridgehead atoms. The minimum atomic E-state index is -0.486. The standard InChI is InChI=1S/C17H22N4O/c1-10-13-6-4-5-7-21(13)16(19-10)17(2,3)20-15(22)14-11-8-18-9-12(11)14/h4-7,11-12,14,18H,8-9H2,1-3H3,(H,20,22).